The van der Waals surface area contributed by atoms with Crippen LogP contribution in [0.1, 0.15) is 5.56 Å². The molecule has 94 valence electrons. The molecule has 0 aliphatic rings. The summed E-state index contributed by atoms with van der Waals surface area (Å²) in [6.45, 7) is 0. The highest BCUT2D eigenvalue weighted by molar-refractivity contribution is 7.22. The molecule has 0 unspecified atom stereocenters. The maximum Gasteiger partial charge on any atom is 0.178 e. The van der Waals surface area contributed by atoms with Crippen molar-refractivity contribution in [3.05, 3.63) is 54.2 Å². The summed E-state index contributed by atoms with van der Waals surface area (Å²) in [7, 11) is 0. The van der Waals surface area contributed by atoms with Gasteiger partial charge in [-0.1, -0.05) is 18.2 Å². The van der Waals surface area contributed by atoms with Crippen molar-refractivity contribution in [2.45, 2.75) is 0 Å². The standard InChI is InChI=1S/C15H8N4S/c16-9-10-5-6-19-14(7-10)17-18-15(19)13-8-11-3-1-2-4-12(11)20-13/h1-8H. The van der Waals surface area contributed by atoms with Gasteiger partial charge in [0.25, 0.3) is 0 Å². The van der Waals surface area contributed by atoms with E-state index in [1.54, 1.807) is 23.5 Å². The van der Waals surface area contributed by atoms with Crippen LogP contribution in [-0.4, -0.2) is 14.6 Å². The average molecular weight is 276 g/mol. The van der Waals surface area contributed by atoms with E-state index in [0.717, 1.165) is 10.7 Å². The Morgan fingerprint density at radius 2 is 2.00 bits per heavy atom. The van der Waals surface area contributed by atoms with Crippen LogP contribution in [0.15, 0.2) is 48.7 Å². The highest BCUT2D eigenvalue weighted by Gasteiger charge is 2.11. The maximum absolute atomic E-state index is 8.91. The van der Waals surface area contributed by atoms with Gasteiger partial charge in [-0.2, -0.15) is 5.26 Å². The molecule has 20 heavy (non-hydrogen) atoms. The number of hydrogen-bond acceptors (Lipinski definition) is 4. The maximum atomic E-state index is 8.91. The number of fused-ring (bicyclic) bond motifs is 2. The van der Waals surface area contributed by atoms with E-state index < -0.39 is 0 Å². The highest BCUT2D eigenvalue weighted by Crippen LogP contribution is 2.32. The van der Waals surface area contributed by atoms with Crippen molar-refractivity contribution in [3.63, 3.8) is 0 Å². The fraction of sp³-hybridized carbons (Fsp3) is 0. The van der Waals surface area contributed by atoms with Gasteiger partial charge in [0.1, 0.15) is 0 Å². The van der Waals surface area contributed by atoms with Gasteiger partial charge in [-0.3, -0.25) is 4.40 Å². The van der Waals surface area contributed by atoms with Gasteiger partial charge in [0, 0.05) is 17.0 Å². The predicted octanol–water partition coefficient (Wildman–Crippen LogP) is 3.48. The first-order valence-corrected chi connectivity index (χ1v) is 6.91. The van der Waals surface area contributed by atoms with Gasteiger partial charge in [-0.25, -0.2) is 0 Å². The molecule has 0 bridgehead atoms. The Kier molecular flexibility index (Phi) is 2.31. The van der Waals surface area contributed by atoms with Crippen LogP contribution in [0, 0.1) is 11.3 Å². The normalized spacial score (nSPS) is 10.9. The van der Waals surface area contributed by atoms with Gasteiger partial charge in [0.2, 0.25) is 0 Å². The van der Waals surface area contributed by atoms with Crippen molar-refractivity contribution in [1.82, 2.24) is 14.6 Å². The van der Waals surface area contributed by atoms with Crippen molar-refractivity contribution in [2.24, 2.45) is 0 Å². The molecule has 0 atom stereocenters. The first-order chi connectivity index (χ1) is 9.85. The summed E-state index contributed by atoms with van der Waals surface area (Å²) < 4.78 is 3.14. The minimum Gasteiger partial charge on any atom is -0.282 e. The van der Waals surface area contributed by atoms with Gasteiger partial charge >= 0.3 is 0 Å². The number of aromatic nitrogens is 3. The minimum atomic E-state index is 0.591. The van der Waals surface area contributed by atoms with Crippen LogP contribution in [0.25, 0.3) is 26.4 Å². The third-order valence-electron chi connectivity index (χ3n) is 3.18. The van der Waals surface area contributed by atoms with E-state index in [2.05, 4.69) is 34.5 Å². The summed E-state index contributed by atoms with van der Waals surface area (Å²) in [5.41, 5.74) is 1.28. The zero-order chi connectivity index (χ0) is 13.5. The van der Waals surface area contributed by atoms with Crippen LogP contribution >= 0.6 is 11.3 Å². The number of hydrogen-bond donors (Lipinski definition) is 0. The molecule has 3 heterocycles. The Balaban J connectivity index is 1.95. The Morgan fingerprint density at radius 3 is 2.85 bits per heavy atom. The van der Waals surface area contributed by atoms with E-state index >= 15 is 0 Å². The molecule has 4 nitrogen and oxygen atoms in total. The SMILES string of the molecule is N#Cc1ccn2c(-c3cc4ccccc4s3)nnc2c1. The molecule has 0 radical (unpaired) electrons. The molecular formula is C15H8N4S. The van der Waals surface area contributed by atoms with Crippen LogP contribution in [0.4, 0.5) is 0 Å². The van der Waals surface area contributed by atoms with Gasteiger partial charge in [-0.15, -0.1) is 21.5 Å². The van der Waals surface area contributed by atoms with Gasteiger partial charge in [-0.05, 0) is 23.6 Å². The van der Waals surface area contributed by atoms with Crippen molar-refractivity contribution >= 4 is 27.1 Å². The number of nitriles is 1. The Bertz CT molecular complexity index is 941. The number of benzene rings is 1. The molecule has 3 aromatic heterocycles. The molecule has 0 aliphatic heterocycles. The predicted molar refractivity (Wildman–Crippen MR) is 78.5 cm³/mol. The Labute approximate surface area is 118 Å². The monoisotopic (exact) mass is 276 g/mol. The molecule has 5 heteroatoms. The molecule has 0 saturated heterocycles. The van der Waals surface area contributed by atoms with Gasteiger partial charge < -0.3 is 0 Å². The fourth-order valence-corrected chi connectivity index (χ4v) is 3.27. The lowest BCUT2D eigenvalue weighted by molar-refractivity contribution is 1.12. The van der Waals surface area contributed by atoms with Crippen LogP contribution in [0.2, 0.25) is 0 Å². The van der Waals surface area contributed by atoms with E-state index in [0.29, 0.717) is 11.2 Å². The number of pyridine rings is 1. The third-order valence-corrected chi connectivity index (χ3v) is 4.30. The molecule has 0 aliphatic carbocycles. The molecule has 0 saturated carbocycles. The summed E-state index contributed by atoms with van der Waals surface area (Å²) in [5.74, 6) is 0.811. The zero-order valence-corrected chi connectivity index (χ0v) is 11.1. The molecular weight excluding hydrogens is 268 g/mol. The summed E-state index contributed by atoms with van der Waals surface area (Å²) >= 11 is 1.69. The first-order valence-electron chi connectivity index (χ1n) is 6.09. The summed E-state index contributed by atoms with van der Waals surface area (Å²) in [5, 5.41) is 18.5. The van der Waals surface area contributed by atoms with Crippen molar-refractivity contribution < 1.29 is 0 Å². The van der Waals surface area contributed by atoms with Crippen LogP contribution in [-0.2, 0) is 0 Å². The Morgan fingerprint density at radius 1 is 1.10 bits per heavy atom. The van der Waals surface area contributed by atoms with Crippen LogP contribution in [0.3, 0.4) is 0 Å². The third kappa shape index (κ3) is 1.59. The molecule has 4 aromatic rings. The first kappa shape index (κ1) is 11.1. The second-order valence-electron chi connectivity index (χ2n) is 4.43. The minimum absolute atomic E-state index is 0.591. The van der Waals surface area contributed by atoms with Gasteiger partial charge in [0.05, 0.1) is 16.5 Å². The summed E-state index contributed by atoms with van der Waals surface area (Å²) in [6, 6.07) is 16.0. The number of rotatable bonds is 1. The van der Waals surface area contributed by atoms with E-state index in [1.807, 2.05) is 22.7 Å². The second kappa shape index (κ2) is 4.15. The lowest BCUT2D eigenvalue weighted by atomic mass is 10.2. The molecule has 4 rings (SSSR count). The average Bonchev–Trinajstić information content (AvgIpc) is 3.09. The molecule has 0 fully saturated rings. The van der Waals surface area contributed by atoms with E-state index in [-0.39, 0.29) is 0 Å². The van der Waals surface area contributed by atoms with Crippen LogP contribution in [0.5, 0.6) is 0 Å². The molecule has 0 N–H and O–H groups in total. The summed E-state index contributed by atoms with van der Waals surface area (Å²) in [6.07, 6.45) is 1.84. The zero-order valence-electron chi connectivity index (χ0n) is 10.3. The topological polar surface area (TPSA) is 54.0 Å². The van der Waals surface area contributed by atoms with Gasteiger partial charge in [0.15, 0.2) is 11.5 Å². The van der Waals surface area contributed by atoms with Crippen LogP contribution < -0.4 is 0 Å². The largest absolute Gasteiger partial charge is 0.282 e. The molecule has 0 spiro atoms. The highest BCUT2D eigenvalue weighted by atomic mass is 32.1. The number of thiophene rings is 1. The van der Waals surface area contributed by atoms with Crippen molar-refractivity contribution in [3.8, 4) is 16.8 Å². The molecule has 0 amide bonds. The molecule has 1 aromatic carbocycles. The van der Waals surface area contributed by atoms with Crippen molar-refractivity contribution in [1.29, 1.82) is 5.26 Å². The fourth-order valence-electron chi connectivity index (χ4n) is 2.22. The lowest BCUT2D eigenvalue weighted by Crippen LogP contribution is -1.87. The van der Waals surface area contributed by atoms with E-state index in [4.69, 9.17) is 5.26 Å². The Hall–Kier alpha value is -2.71. The smallest absolute Gasteiger partial charge is 0.178 e. The quantitative estimate of drug-likeness (QED) is 0.535. The number of nitrogens with zero attached hydrogens (tertiary/aromatic N) is 4. The van der Waals surface area contributed by atoms with E-state index in [1.165, 1.54) is 10.1 Å². The summed E-state index contributed by atoms with van der Waals surface area (Å²) in [4.78, 5) is 1.07. The van der Waals surface area contributed by atoms with E-state index in [9.17, 15) is 0 Å². The lowest BCUT2D eigenvalue weighted by Gasteiger charge is -1.96. The van der Waals surface area contributed by atoms with Crippen molar-refractivity contribution in [2.75, 3.05) is 0 Å². The second-order valence-corrected chi connectivity index (χ2v) is 5.51.